The maximum Gasteiger partial charge on any atom is 0.220 e. The second kappa shape index (κ2) is 1.52. The van der Waals surface area contributed by atoms with E-state index in [1.54, 1.807) is 0 Å². The number of carbonyl (C=O) groups is 1. The summed E-state index contributed by atoms with van der Waals surface area (Å²) in [5, 5.41) is 2.72. The third-order valence-corrected chi connectivity index (χ3v) is 1.05. The summed E-state index contributed by atoms with van der Waals surface area (Å²) in [6.45, 7) is 1.96. The molecule has 1 N–H and O–H groups in total. The minimum Gasteiger partial charge on any atom is -0.353 e. The van der Waals surface area contributed by atoms with Crippen LogP contribution in [0.25, 0.3) is 0 Å². The molecule has 1 rings (SSSR count). The van der Waals surface area contributed by atoms with Crippen molar-refractivity contribution in [2.75, 3.05) is 0 Å². The molecule has 0 aromatic heterocycles. The fraction of sp³-hybridized carbons (Fsp3) is 0.600. The quantitative estimate of drug-likeness (QED) is 0.457. The Morgan fingerprint density at radius 2 is 2.71 bits per heavy atom. The summed E-state index contributed by atoms with van der Waals surface area (Å²) in [4.78, 5) is 10.3. The first-order chi connectivity index (χ1) is 3.29. The fourth-order valence-corrected chi connectivity index (χ4v) is 0.656. The van der Waals surface area contributed by atoms with Crippen LogP contribution in [-0.4, -0.2) is 11.9 Å². The molecule has 1 fully saturated rings. The Morgan fingerprint density at radius 3 is 2.86 bits per heavy atom. The zero-order chi connectivity index (χ0) is 5.28. The fourth-order valence-electron chi connectivity index (χ4n) is 0.656. The molecule has 1 heterocycles. The van der Waals surface area contributed by atoms with Crippen molar-refractivity contribution in [3.8, 4) is 0 Å². The van der Waals surface area contributed by atoms with Gasteiger partial charge in [0.15, 0.2) is 0 Å². The van der Waals surface area contributed by atoms with Crippen LogP contribution in [0.1, 0.15) is 13.3 Å². The number of hydrogen-bond acceptors (Lipinski definition) is 1. The first-order valence-corrected chi connectivity index (χ1v) is 2.42. The highest BCUT2D eigenvalue weighted by Crippen LogP contribution is 2.01. The molecule has 1 aliphatic rings. The van der Waals surface area contributed by atoms with Crippen LogP contribution < -0.4 is 5.32 Å². The molecule has 0 aliphatic carbocycles. The Kier molecular flexibility index (Phi) is 1.01. The summed E-state index contributed by atoms with van der Waals surface area (Å²) in [6.07, 6.45) is 2.56. The zero-order valence-electron chi connectivity index (χ0n) is 4.27. The molecular weight excluding hydrogens is 90.1 g/mol. The molecule has 1 radical (unpaired) electrons. The third kappa shape index (κ3) is 0.918. The van der Waals surface area contributed by atoms with E-state index in [1.807, 2.05) is 13.3 Å². The van der Waals surface area contributed by atoms with Gasteiger partial charge in [-0.15, -0.1) is 0 Å². The van der Waals surface area contributed by atoms with E-state index in [1.165, 1.54) is 0 Å². The van der Waals surface area contributed by atoms with Crippen LogP contribution in [0, 0.1) is 6.42 Å². The molecule has 0 aromatic carbocycles. The Morgan fingerprint density at radius 1 is 2.00 bits per heavy atom. The summed E-state index contributed by atoms with van der Waals surface area (Å²) in [6, 6.07) is 0.299. The topological polar surface area (TPSA) is 29.1 Å². The molecule has 0 aromatic rings. The minimum atomic E-state index is 0.146. The summed E-state index contributed by atoms with van der Waals surface area (Å²) in [5.41, 5.74) is 0. The molecule has 1 unspecified atom stereocenters. The van der Waals surface area contributed by atoms with Gasteiger partial charge in [-0.05, 0) is 13.3 Å². The van der Waals surface area contributed by atoms with Crippen molar-refractivity contribution >= 4 is 5.91 Å². The first-order valence-electron chi connectivity index (χ1n) is 2.42. The van der Waals surface area contributed by atoms with Gasteiger partial charge in [0.2, 0.25) is 5.91 Å². The van der Waals surface area contributed by atoms with Crippen molar-refractivity contribution < 1.29 is 4.79 Å². The smallest absolute Gasteiger partial charge is 0.220 e. The average Bonchev–Trinajstić information content (AvgIpc) is 1.87. The van der Waals surface area contributed by atoms with Crippen molar-refractivity contribution in [2.24, 2.45) is 0 Å². The van der Waals surface area contributed by atoms with Gasteiger partial charge in [0, 0.05) is 12.5 Å². The van der Waals surface area contributed by atoms with Crippen molar-refractivity contribution in [1.82, 2.24) is 5.32 Å². The highest BCUT2D eigenvalue weighted by molar-refractivity contribution is 5.80. The average molecular weight is 98.1 g/mol. The highest BCUT2D eigenvalue weighted by Gasteiger charge is 2.15. The van der Waals surface area contributed by atoms with E-state index in [9.17, 15) is 4.79 Å². The van der Waals surface area contributed by atoms with Crippen LogP contribution in [0.3, 0.4) is 0 Å². The van der Waals surface area contributed by atoms with E-state index >= 15 is 0 Å². The lowest BCUT2D eigenvalue weighted by Crippen LogP contribution is -2.21. The van der Waals surface area contributed by atoms with Crippen molar-refractivity contribution in [3.05, 3.63) is 6.42 Å². The normalized spacial score (nSPS) is 30.4. The van der Waals surface area contributed by atoms with Crippen LogP contribution >= 0.6 is 0 Å². The zero-order valence-corrected chi connectivity index (χ0v) is 4.27. The molecule has 0 saturated carbocycles. The molecule has 0 spiro atoms. The second-order valence-electron chi connectivity index (χ2n) is 1.80. The Bertz CT molecular complexity index is 90.1. The molecule has 1 atom stereocenters. The Balaban J connectivity index is 2.40. The number of amides is 1. The standard InChI is InChI=1S/C5H8NO/c1-4-2-3-5(7)6-4/h2,4H,3H2,1H3,(H,6,7). The minimum absolute atomic E-state index is 0.146. The molecular formula is C5H8NO. The first kappa shape index (κ1) is 4.62. The molecule has 1 amide bonds. The SMILES string of the molecule is CC1[CH]CC(=O)N1. The molecule has 0 bridgehead atoms. The maximum absolute atomic E-state index is 10.3. The van der Waals surface area contributed by atoms with Gasteiger partial charge in [-0.2, -0.15) is 0 Å². The van der Waals surface area contributed by atoms with E-state index in [2.05, 4.69) is 5.32 Å². The summed E-state index contributed by atoms with van der Waals surface area (Å²) in [5.74, 6) is 0.146. The monoisotopic (exact) mass is 98.1 g/mol. The van der Waals surface area contributed by atoms with E-state index in [0.29, 0.717) is 12.5 Å². The van der Waals surface area contributed by atoms with Crippen LogP contribution in [0.4, 0.5) is 0 Å². The van der Waals surface area contributed by atoms with E-state index in [0.717, 1.165) is 0 Å². The second-order valence-corrected chi connectivity index (χ2v) is 1.80. The predicted octanol–water partition coefficient (Wildman–Crippen LogP) is 0.0991. The van der Waals surface area contributed by atoms with Gasteiger partial charge in [-0.25, -0.2) is 0 Å². The summed E-state index contributed by atoms with van der Waals surface area (Å²) in [7, 11) is 0. The molecule has 7 heavy (non-hydrogen) atoms. The van der Waals surface area contributed by atoms with Gasteiger partial charge in [0.1, 0.15) is 0 Å². The lowest BCUT2D eigenvalue weighted by atomic mass is 10.3. The van der Waals surface area contributed by atoms with E-state index in [4.69, 9.17) is 0 Å². The van der Waals surface area contributed by atoms with Gasteiger partial charge in [0.05, 0.1) is 0 Å². The molecule has 39 valence electrons. The molecule has 1 aliphatic heterocycles. The highest BCUT2D eigenvalue weighted by atomic mass is 16.1. The predicted molar refractivity (Wildman–Crippen MR) is 26.5 cm³/mol. The van der Waals surface area contributed by atoms with E-state index < -0.39 is 0 Å². The summed E-state index contributed by atoms with van der Waals surface area (Å²) < 4.78 is 0. The maximum atomic E-state index is 10.3. The number of nitrogens with one attached hydrogen (secondary N) is 1. The largest absolute Gasteiger partial charge is 0.353 e. The lowest BCUT2D eigenvalue weighted by molar-refractivity contribution is -0.119. The summed E-state index contributed by atoms with van der Waals surface area (Å²) >= 11 is 0. The van der Waals surface area contributed by atoms with Gasteiger partial charge >= 0.3 is 0 Å². The van der Waals surface area contributed by atoms with Gasteiger partial charge < -0.3 is 5.32 Å². The molecule has 2 nitrogen and oxygen atoms in total. The Hall–Kier alpha value is -0.530. The third-order valence-electron chi connectivity index (χ3n) is 1.05. The van der Waals surface area contributed by atoms with Gasteiger partial charge in [-0.3, -0.25) is 4.79 Å². The Labute approximate surface area is 42.9 Å². The van der Waals surface area contributed by atoms with E-state index in [-0.39, 0.29) is 5.91 Å². The molecule has 2 heteroatoms. The van der Waals surface area contributed by atoms with Crippen LogP contribution in [0.5, 0.6) is 0 Å². The van der Waals surface area contributed by atoms with Crippen LogP contribution in [0.15, 0.2) is 0 Å². The van der Waals surface area contributed by atoms with Crippen LogP contribution in [-0.2, 0) is 4.79 Å². The van der Waals surface area contributed by atoms with Crippen molar-refractivity contribution in [3.63, 3.8) is 0 Å². The number of rotatable bonds is 0. The van der Waals surface area contributed by atoms with Crippen LogP contribution in [0.2, 0.25) is 0 Å². The number of carbonyl (C=O) groups excluding carboxylic acids is 1. The van der Waals surface area contributed by atoms with Gasteiger partial charge in [0.25, 0.3) is 0 Å². The van der Waals surface area contributed by atoms with Crippen molar-refractivity contribution in [2.45, 2.75) is 19.4 Å². The van der Waals surface area contributed by atoms with Gasteiger partial charge in [-0.1, -0.05) is 0 Å². The number of hydrogen-bond donors (Lipinski definition) is 1. The van der Waals surface area contributed by atoms with Crippen molar-refractivity contribution in [1.29, 1.82) is 0 Å². The lowest BCUT2D eigenvalue weighted by Gasteiger charge is -1.95. The molecule has 1 saturated heterocycles.